The van der Waals surface area contributed by atoms with Crippen molar-refractivity contribution in [2.75, 3.05) is 11.4 Å². The molecule has 1 fully saturated rings. The third-order valence-corrected chi connectivity index (χ3v) is 3.90. The van der Waals surface area contributed by atoms with Crippen molar-refractivity contribution >= 4 is 17.5 Å². The van der Waals surface area contributed by atoms with Gasteiger partial charge in [0.1, 0.15) is 0 Å². The normalized spacial score (nSPS) is 18.6. The fourth-order valence-electron chi connectivity index (χ4n) is 2.55. The Hall–Kier alpha value is -1.84. The zero-order chi connectivity index (χ0) is 14.5. The highest BCUT2D eigenvalue weighted by molar-refractivity contribution is 6.00. The zero-order valence-electron chi connectivity index (χ0n) is 12.1. The predicted molar refractivity (Wildman–Crippen MR) is 79.4 cm³/mol. The number of nitrogens with one attached hydrogen (secondary N) is 1. The van der Waals surface area contributed by atoms with Gasteiger partial charge in [0.05, 0.1) is 5.92 Å². The number of nitrogens with zero attached hydrogens (tertiary/aromatic N) is 1. The highest BCUT2D eigenvalue weighted by Crippen LogP contribution is 2.25. The van der Waals surface area contributed by atoms with Gasteiger partial charge in [0.25, 0.3) is 0 Å². The number of para-hydroxylation sites is 1. The summed E-state index contributed by atoms with van der Waals surface area (Å²) in [6.07, 6.45) is 2.15. The van der Waals surface area contributed by atoms with Crippen LogP contribution in [0.15, 0.2) is 30.3 Å². The molecule has 0 saturated carbocycles. The Morgan fingerprint density at radius 3 is 2.55 bits per heavy atom. The minimum atomic E-state index is -0.233. The molecule has 0 aromatic heterocycles. The lowest BCUT2D eigenvalue weighted by Crippen LogP contribution is -2.39. The summed E-state index contributed by atoms with van der Waals surface area (Å²) in [5.41, 5.74) is 0.871. The van der Waals surface area contributed by atoms with Crippen molar-refractivity contribution in [1.29, 1.82) is 0 Å². The number of carbonyl (C=O) groups is 2. The van der Waals surface area contributed by atoms with Gasteiger partial charge in [-0.25, -0.2) is 0 Å². The molecule has 1 unspecified atom stereocenters. The lowest BCUT2D eigenvalue weighted by atomic mass is 10.1. The van der Waals surface area contributed by atoms with Gasteiger partial charge >= 0.3 is 0 Å². The third-order valence-electron chi connectivity index (χ3n) is 3.90. The van der Waals surface area contributed by atoms with Crippen LogP contribution in [0, 0.1) is 5.92 Å². The Morgan fingerprint density at radius 2 is 1.95 bits per heavy atom. The van der Waals surface area contributed by atoms with Crippen LogP contribution in [-0.4, -0.2) is 24.4 Å². The molecule has 0 aliphatic carbocycles. The van der Waals surface area contributed by atoms with E-state index in [4.69, 9.17) is 0 Å². The average molecular weight is 274 g/mol. The van der Waals surface area contributed by atoms with E-state index in [1.165, 1.54) is 0 Å². The Morgan fingerprint density at radius 1 is 1.30 bits per heavy atom. The molecule has 2 amide bonds. The van der Waals surface area contributed by atoms with E-state index in [1.807, 2.05) is 30.3 Å². The second kappa shape index (κ2) is 6.55. The monoisotopic (exact) mass is 274 g/mol. The highest BCUT2D eigenvalue weighted by atomic mass is 16.2. The molecule has 1 aromatic carbocycles. The van der Waals surface area contributed by atoms with E-state index in [0.29, 0.717) is 13.0 Å². The summed E-state index contributed by atoms with van der Waals surface area (Å²) in [6, 6.07) is 9.74. The lowest BCUT2D eigenvalue weighted by molar-refractivity contribution is -0.127. The van der Waals surface area contributed by atoms with Crippen molar-refractivity contribution in [3.8, 4) is 0 Å². The SMILES string of the molecule is CCC(CC)NC(=O)C1CC(=O)N(c2ccccc2)C1. The Kier molecular flexibility index (Phi) is 4.77. The Labute approximate surface area is 120 Å². The molecule has 1 saturated heterocycles. The standard InChI is InChI=1S/C16H22N2O2/c1-3-13(4-2)17-16(20)12-10-15(19)18(11-12)14-8-6-5-7-9-14/h5-9,12-13H,3-4,10-11H2,1-2H3,(H,17,20). The van der Waals surface area contributed by atoms with E-state index in [-0.39, 0.29) is 23.8 Å². The van der Waals surface area contributed by atoms with E-state index >= 15 is 0 Å². The first-order chi connectivity index (χ1) is 9.65. The van der Waals surface area contributed by atoms with Crippen LogP contribution in [0.1, 0.15) is 33.1 Å². The Bertz CT molecular complexity index is 469. The highest BCUT2D eigenvalue weighted by Gasteiger charge is 2.35. The van der Waals surface area contributed by atoms with Gasteiger partial charge in [-0.15, -0.1) is 0 Å². The molecule has 2 rings (SSSR count). The molecule has 108 valence electrons. The summed E-state index contributed by atoms with van der Waals surface area (Å²) in [4.78, 5) is 26.0. The molecular formula is C16H22N2O2. The molecule has 0 spiro atoms. The number of carbonyl (C=O) groups excluding carboxylic acids is 2. The number of anilines is 1. The van der Waals surface area contributed by atoms with Crippen LogP contribution < -0.4 is 10.2 Å². The number of hydrogen-bond donors (Lipinski definition) is 1. The van der Waals surface area contributed by atoms with Crippen molar-refractivity contribution in [3.05, 3.63) is 30.3 Å². The van der Waals surface area contributed by atoms with Crippen LogP contribution in [0.25, 0.3) is 0 Å². The van der Waals surface area contributed by atoms with E-state index in [2.05, 4.69) is 19.2 Å². The summed E-state index contributed by atoms with van der Waals surface area (Å²) in [5, 5.41) is 3.03. The summed E-state index contributed by atoms with van der Waals surface area (Å²) in [7, 11) is 0. The second-order valence-corrected chi connectivity index (χ2v) is 5.26. The van der Waals surface area contributed by atoms with E-state index in [1.54, 1.807) is 4.90 Å². The van der Waals surface area contributed by atoms with Gasteiger partial charge < -0.3 is 10.2 Å². The van der Waals surface area contributed by atoms with Crippen LogP contribution in [-0.2, 0) is 9.59 Å². The average Bonchev–Trinajstić information content (AvgIpc) is 2.87. The molecule has 0 bridgehead atoms. The maximum atomic E-state index is 12.2. The summed E-state index contributed by atoms with van der Waals surface area (Å²) < 4.78 is 0. The van der Waals surface area contributed by atoms with Crippen LogP contribution in [0.2, 0.25) is 0 Å². The summed E-state index contributed by atoms with van der Waals surface area (Å²) in [5.74, 6) is -0.199. The van der Waals surface area contributed by atoms with Crippen molar-refractivity contribution in [2.45, 2.75) is 39.2 Å². The second-order valence-electron chi connectivity index (χ2n) is 5.26. The maximum absolute atomic E-state index is 12.2. The molecule has 20 heavy (non-hydrogen) atoms. The largest absolute Gasteiger partial charge is 0.353 e. The van der Waals surface area contributed by atoms with Crippen molar-refractivity contribution in [3.63, 3.8) is 0 Å². The minimum absolute atomic E-state index is 0.00508. The molecule has 1 aliphatic rings. The van der Waals surface area contributed by atoms with Gasteiger partial charge in [-0.2, -0.15) is 0 Å². The van der Waals surface area contributed by atoms with E-state index < -0.39 is 0 Å². The number of hydrogen-bond acceptors (Lipinski definition) is 2. The minimum Gasteiger partial charge on any atom is -0.353 e. The lowest BCUT2D eigenvalue weighted by Gasteiger charge is -2.19. The molecule has 1 aromatic rings. The molecule has 4 nitrogen and oxygen atoms in total. The quantitative estimate of drug-likeness (QED) is 0.896. The molecule has 1 N–H and O–H groups in total. The first-order valence-corrected chi connectivity index (χ1v) is 7.31. The fourth-order valence-corrected chi connectivity index (χ4v) is 2.55. The van der Waals surface area contributed by atoms with Gasteiger partial charge in [-0.1, -0.05) is 32.0 Å². The Balaban J connectivity index is 2.00. The molecule has 1 heterocycles. The number of benzene rings is 1. The van der Waals surface area contributed by atoms with Crippen LogP contribution >= 0.6 is 0 Å². The zero-order valence-corrected chi connectivity index (χ0v) is 12.1. The van der Waals surface area contributed by atoms with Crippen LogP contribution in [0.5, 0.6) is 0 Å². The van der Waals surface area contributed by atoms with E-state index in [9.17, 15) is 9.59 Å². The molecule has 4 heteroatoms. The molecule has 0 radical (unpaired) electrons. The van der Waals surface area contributed by atoms with Crippen LogP contribution in [0.3, 0.4) is 0 Å². The summed E-state index contributed by atoms with van der Waals surface area (Å²) >= 11 is 0. The van der Waals surface area contributed by atoms with Gasteiger partial charge in [-0.05, 0) is 25.0 Å². The molecule has 1 aliphatic heterocycles. The van der Waals surface area contributed by atoms with Gasteiger partial charge in [-0.3, -0.25) is 9.59 Å². The van der Waals surface area contributed by atoms with Gasteiger partial charge in [0.15, 0.2) is 0 Å². The topological polar surface area (TPSA) is 49.4 Å². The maximum Gasteiger partial charge on any atom is 0.227 e. The third kappa shape index (κ3) is 3.18. The van der Waals surface area contributed by atoms with Crippen molar-refractivity contribution < 1.29 is 9.59 Å². The first-order valence-electron chi connectivity index (χ1n) is 7.31. The molecular weight excluding hydrogens is 252 g/mol. The number of amides is 2. The van der Waals surface area contributed by atoms with Crippen molar-refractivity contribution in [2.24, 2.45) is 5.92 Å². The molecule has 1 atom stereocenters. The van der Waals surface area contributed by atoms with E-state index in [0.717, 1.165) is 18.5 Å². The first kappa shape index (κ1) is 14.6. The fraction of sp³-hybridized carbons (Fsp3) is 0.500. The van der Waals surface area contributed by atoms with Crippen LogP contribution in [0.4, 0.5) is 5.69 Å². The van der Waals surface area contributed by atoms with Gasteiger partial charge in [0, 0.05) is 24.7 Å². The predicted octanol–water partition coefficient (Wildman–Crippen LogP) is 2.34. The van der Waals surface area contributed by atoms with Crippen molar-refractivity contribution in [1.82, 2.24) is 5.32 Å². The number of rotatable bonds is 5. The van der Waals surface area contributed by atoms with Gasteiger partial charge in [0.2, 0.25) is 11.8 Å². The summed E-state index contributed by atoms with van der Waals surface area (Å²) in [6.45, 7) is 4.60. The smallest absolute Gasteiger partial charge is 0.227 e.